The Morgan fingerprint density at radius 1 is 1.40 bits per heavy atom. The van der Waals surface area contributed by atoms with Crippen molar-refractivity contribution in [2.75, 3.05) is 6.54 Å². The van der Waals surface area contributed by atoms with Gasteiger partial charge < -0.3 is 0 Å². The second-order valence-corrected chi connectivity index (χ2v) is 6.42. The predicted molar refractivity (Wildman–Crippen MR) is 54.2 cm³/mol. The first kappa shape index (κ1) is 12.0. The Labute approximate surface area is 89.7 Å². The van der Waals surface area contributed by atoms with Crippen LogP contribution in [0.2, 0.25) is 0 Å². The molecule has 5 nitrogen and oxygen atoms in total. The Morgan fingerprint density at radius 3 is 2.47 bits per heavy atom. The fourth-order valence-electron chi connectivity index (χ4n) is 1.44. The lowest BCUT2D eigenvalue weighted by atomic mass is 10.1. The highest BCUT2D eigenvalue weighted by Crippen LogP contribution is 2.34. The summed E-state index contributed by atoms with van der Waals surface area (Å²) in [5, 5.41) is 8.29. The summed E-state index contributed by atoms with van der Waals surface area (Å²) in [6.07, 6.45) is 1.57. The maximum atomic E-state index is 11.6. The molecule has 0 aromatic rings. The number of amides is 1. The smallest absolute Gasteiger partial charge is 0.258 e. The van der Waals surface area contributed by atoms with Crippen molar-refractivity contribution in [1.82, 2.24) is 4.31 Å². The lowest BCUT2D eigenvalue weighted by molar-refractivity contribution is -0.132. The second-order valence-electron chi connectivity index (χ2n) is 4.01. The van der Waals surface area contributed by atoms with E-state index >= 15 is 0 Å². The number of nitriles is 1. The quantitative estimate of drug-likeness (QED) is 0.663. The predicted octanol–water partition coefficient (Wildman–Crippen LogP) is 0.631. The highest BCUT2D eigenvalue weighted by atomic mass is 32.2. The van der Waals surface area contributed by atoms with E-state index in [-0.39, 0.29) is 12.5 Å². The minimum Gasteiger partial charge on any atom is -0.272 e. The largest absolute Gasteiger partial charge is 0.272 e. The van der Waals surface area contributed by atoms with Gasteiger partial charge in [0, 0.05) is 13.0 Å². The van der Waals surface area contributed by atoms with Crippen molar-refractivity contribution in [2.24, 2.45) is 0 Å². The Kier molecular flexibility index (Phi) is 3.05. The number of sulfonamides is 1. The van der Waals surface area contributed by atoms with Crippen LogP contribution in [0.25, 0.3) is 0 Å². The summed E-state index contributed by atoms with van der Waals surface area (Å²) in [5.41, 5.74) is 0. The molecule has 0 aliphatic carbocycles. The summed E-state index contributed by atoms with van der Waals surface area (Å²) in [5.74, 6) is -0.348. The molecule has 1 aliphatic rings. The van der Waals surface area contributed by atoms with Crippen molar-refractivity contribution < 1.29 is 13.2 Å². The number of carbonyl (C=O) groups is 1. The van der Waals surface area contributed by atoms with Gasteiger partial charge in [-0.1, -0.05) is 0 Å². The number of carbonyl (C=O) groups excluding carboxylic acids is 1. The molecule has 6 heteroatoms. The van der Waals surface area contributed by atoms with Gasteiger partial charge in [0.15, 0.2) is 4.75 Å². The van der Waals surface area contributed by atoms with Gasteiger partial charge in [-0.15, -0.1) is 0 Å². The summed E-state index contributed by atoms with van der Waals surface area (Å²) in [6, 6.07) is 1.97. The van der Waals surface area contributed by atoms with E-state index in [1.54, 1.807) is 0 Å². The molecule has 0 saturated carbocycles. The molecule has 0 aromatic heterocycles. The lowest BCUT2D eigenvalue weighted by Crippen LogP contribution is -2.67. The number of nitrogens with zero attached hydrogens (tertiary/aromatic N) is 2. The van der Waals surface area contributed by atoms with E-state index in [0.717, 1.165) is 4.31 Å². The van der Waals surface area contributed by atoms with Gasteiger partial charge in [0.25, 0.3) is 15.9 Å². The molecule has 1 saturated heterocycles. The van der Waals surface area contributed by atoms with Gasteiger partial charge in [0.05, 0.1) is 6.07 Å². The van der Waals surface area contributed by atoms with Crippen molar-refractivity contribution in [3.05, 3.63) is 0 Å². The summed E-state index contributed by atoms with van der Waals surface area (Å²) >= 11 is 0. The SMILES string of the molecule is CC1(C)C(=O)N(CCCCC#N)S1(=O)=O. The minimum absolute atomic E-state index is 0.201. The first-order valence-electron chi connectivity index (χ1n) is 4.79. The van der Waals surface area contributed by atoms with Gasteiger partial charge in [-0.2, -0.15) is 5.26 Å². The first-order chi connectivity index (χ1) is 6.85. The van der Waals surface area contributed by atoms with E-state index in [0.29, 0.717) is 19.3 Å². The van der Waals surface area contributed by atoms with Crippen LogP contribution in [0.15, 0.2) is 0 Å². The van der Waals surface area contributed by atoms with Crippen LogP contribution in [-0.2, 0) is 14.8 Å². The fraction of sp³-hybridized carbons (Fsp3) is 0.778. The fourth-order valence-corrected chi connectivity index (χ4v) is 3.00. The van der Waals surface area contributed by atoms with Crippen LogP contribution >= 0.6 is 0 Å². The molecule has 1 heterocycles. The highest BCUT2D eigenvalue weighted by molar-refractivity contribution is 7.94. The number of rotatable bonds is 4. The van der Waals surface area contributed by atoms with Gasteiger partial charge in [-0.3, -0.25) is 4.79 Å². The molecule has 0 N–H and O–H groups in total. The summed E-state index contributed by atoms with van der Waals surface area (Å²) in [6.45, 7) is 3.03. The van der Waals surface area contributed by atoms with Crippen LogP contribution in [0.1, 0.15) is 33.1 Å². The zero-order chi connectivity index (χ0) is 11.7. The molecule has 1 amide bonds. The standard InChI is InChI=1S/C9H14N2O3S/c1-9(2)8(12)11(15(9,13)14)7-5-3-4-6-10/h3-5,7H2,1-2H3. The molecule has 1 aliphatic heterocycles. The maximum Gasteiger partial charge on any atom is 0.258 e. The average Bonchev–Trinajstić information content (AvgIpc) is 2.16. The van der Waals surface area contributed by atoms with Gasteiger partial charge >= 0.3 is 0 Å². The normalized spacial score (nSPS) is 21.9. The first-order valence-corrected chi connectivity index (χ1v) is 6.23. The topological polar surface area (TPSA) is 78.2 Å². The van der Waals surface area contributed by atoms with Crippen molar-refractivity contribution in [3.8, 4) is 6.07 Å². The molecular formula is C9H14N2O3S. The Balaban J connectivity index is 2.54. The zero-order valence-corrected chi connectivity index (χ0v) is 9.67. The molecule has 0 aromatic carbocycles. The Morgan fingerprint density at radius 2 is 2.00 bits per heavy atom. The van der Waals surface area contributed by atoms with Crippen LogP contribution in [0, 0.1) is 11.3 Å². The van der Waals surface area contributed by atoms with E-state index < -0.39 is 14.8 Å². The summed E-state index contributed by atoms with van der Waals surface area (Å²) < 4.78 is 22.8. The Bertz CT molecular complexity index is 406. The van der Waals surface area contributed by atoms with Gasteiger partial charge in [-0.25, -0.2) is 12.7 Å². The van der Waals surface area contributed by atoms with E-state index in [1.165, 1.54) is 13.8 Å². The van der Waals surface area contributed by atoms with Crippen LogP contribution in [0.4, 0.5) is 0 Å². The molecule has 0 spiro atoms. The van der Waals surface area contributed by atoms with Crippen molar-refractivity contribution in [2.45, 2.75) is 37.9 Å². The summed E-state index contributed by atoms with van der Waals surface area (Å²) in [7, 11) is -3.44. The van der Waals surface area contributed by atoms with E-state index in [4.69, 9.17) is 5.26 Å². The van der Waals surface area contributed by atoms with Gasteiger partial charge in [-0.05, 0) is 26.7 Å². The average molecular weight is 230 g/mol. The molecule has 1 fully saturated rings. The lowest BCUT2D eigenvalue weighted by Gasteiger charge is -2.43. The molecule has 15 heavy (non-hydrogen) atoms. The monoisotopic (exact) mass is 230 g/mol. The van der Waals surface area contributed by atoms with E-state index in [2.05, 4.69) is 0 Å². The van der Waals surface area contributed by atoms with E-state index in [9.17, 15) is 13.2 Å². The third-order valence-electron chi connectivity index (χ3n) is 2.58. The van der Waals surface area contributed by atoms with Crippen molar-refractivity contribution in [1.29, 1.82) is 5.26 Å². The third-order valence-corrected chi connectivity index (χ3v) is 4.97. The minimum atomic E-state index is -3.44. The van der Waals surface area contributed by atoms with Gasteiger partial charge in [0.2, 0.25) is 0 Å². The molecular weight excluding hydrogens is 216 g/mol. The zero-order valence-electron chi connectivity index (χ0n) is 8.86. The number of hydrogen-bond donors (Lipinski definition) is 0. The highest BCUT2D eigenvalue weighted by Gasteiger charge is 2.59. The van der Waals surface area contributed by atoms with Crippen LogP contribution in [-0.4, -0.2) is 29.9 Å². The van der Waals surface area contributed by atoms with Gasteiger partial charge in [0.1, 0.15) is 0 Å². The molecule has 0 radical (unpaired) electrons. The van der Waals surface area contributed by atoms with Crippen molar-refractivity contribution in [3.63, 3.8) is 0 Å². The van der Waals surface area contributed by atoms with E-state index in [1.807, 2.05) is 6.07 Å². The molecule has 0 unspecified atom stereocenters. The second kappa shape index (κ2) is 3.81. The number of hydrogen-bond acceptors (Lipinski definition) is 4. The molecule has 0 bridgehead atoms. The third kappa shape index (κ3) is 1.72. The van der Waals surface area contributed by atoms with Crippen LogP contribution in [0.3, 0.4) is 0 Å². The molecule has 0 atom stereocenters. The molecule has 84 valence electrons. The van der Waals surface area contributed by atoms with Crippen molar-refractivity contribution >= 4 is 15.9 Å². The Hall–Kier alpha value is -1.09. The van der Waals surface area contributed by atoms with Crippen LogP contribution < -0.4 is 0 Å². The number of unbranched alkanes of at least 4 members (excludes halogenated alkanes) is 2. The van der Waals surface area contributed by atoms with Crippen LogP contribution in [0.5, 0.6) is 0 Å². The maximum absolute atomic E-state index is 11.6. The summed E-state index contributed by atoms with van der Waals surface area (Å²) in [4.78, 5) is 11.4. The molecule has 1 rings (SSSR count).